The fourth-order valence-electron chi connectivity index (χ4n) is 2.48. The minimum absolute atomic E-state index is 0.0570. The summed E-state index contributed by atoms with van der Waals surface area (Å²) in [5.74, 6) is 0.414. The molecule has 0 saturated heterocycles. The predicted octanol–water partition coefficient (Wildman–Crippen LogP) is 3.88. The van der Waals surface area contributed by atoms with E-state index < -0.39 is 0 Å². The van der Waals surface area contributed by atoms with Crippen LogP contribution in [0.3, 0.4) is 0 Å². The zero-order chi connectivity index (χ0) is 16.7. The van der Waals surface area contributed by atoms with Gasteiger partial charge < -0.3 is 15.7 Å². The maximum atomic E-state index is 12.0. The summed E-state index contributed by atoms with van der Waals surface area (Å²) in [6.07, 6.45) is 0.747. The lowest BCUT2D eigenvalue weighted by Gasteiger charge is -2.18. The molecule has 23 heavy (non-hydrogen) atoms. The van der Waals surface area contributed by atoms with Gasteiger partial charge >= 0.3 is 6.03 Å². The Morgan fingerprint density at radius 2 is 1.61 bits per heavy atom. The summed E-state index contributed by atoms with van der Waals surface area (Å²) in [5.41, 5.74) is 2.97. The first kappa shape index (κ1) is 17.0. The lowest BCUT2D eigenvalue weighted by Crippen LogP contribution is -2.40. The van der Waals surface area contributed by atoms with Crippen LogP contribution in [-0.4, -0.2) is 23.8 Å². The van der Waals surface area contributed by atoms with Gasteiger partial charge in [0.25, 0.3) is 0 Å². The molecule has 0 aromatic heterocycles. The molecule has 1 atom stereocenters. The van der Waals surface area contributed by atoms with E-state index in [-0.39, 0.29) is 18.7 Å². The van der Waals surface area contributed by atoms with Crippen molar-refractivity contribution in [3.8, 4) is 11.1 Å². The number of hydrogen-bond donors (Lipinski definition) is 3. The molecule has 0 aliphatic rings. The number of carbonyl (C=O) groups is 1. The van der Waals surface area contributed by atoms with Crippen LogP contribution in [0.25, 0.3) is 11.1 Å². The second-order valence-corrected chi connectivity index (χ2v) is 6.05. The molecular weight excluding hydrogens is 288 g/mol. The van der Waals surface area contributed by atoms with Crippen LogP contribution in [0, 0.1) is 5.92 Å². The van der Waals surface area contributed by atoms with Gasteiger partial charge in [0.05, 0.1) is 12.6 Å². The fourth-order valence-corrected chi connectivity index (χ4v) is 2.48. The summed E-state index contributed by atoms with van der Waals surface area (Å²) in [6.45, 7) is 4.06. The zero-order valence-corrected chi connectivity index (χ0v) is 13.6. The number of urea groups is 1. The van der Waals surface area contributed by atoms with Crippen molar-refractivity contribution in [3.05, 3.63) is 54.6 Å². The molecule has 0 heterocycles. The third-order valence-electron chi connectivity index (χ3n) is 3.56. The molecule has 0 radical (unpaired) electrons. The van der Waals surface area contributed by atoms with E-state index >= 15 is 0 Å². The number of aliphatic hydroxyl groups is 1. The predicted molar refractivity (Wildman–Crippen MR) is 94.4 cm³/mol. The second-order valence-electron chi connectivity index (χ2n) is 6.05. The standard InChI is InChI=1S/C19H24N2O2/c1-14(2)12-18(13-22)21-19(23)20-17-10-8-16(9-11-17)15-6-4-3-5-7-15/h3-11,14,18,22H,12-13H2,1-2H3,(H2,20,21,23). The van der Waals surface area contributed by atoms with Crippen LogP contribution in [-0.2, 0) is 0 Å². The highest BCUT2D eigenvalue weighted by atomic mass is 16.3. The molecule has 1 unspecified atom stereocenters. The van der Waals surface area contributed by atoms with Crippen molar-refractivity contribution in [3.63, 3.8) is 0 Å². The topological polar surface area (TPSA) is 61.4 Å². The third kappa shape index (κ3) is 5.42. The molecule has 0 aliphatic carbocycles. The highest BCUT2D eigenvalue weighted by Gasteiger charge is 2.13. The molecule has 0 fully saturated rings. The first-order valence-electron chi connectivity index (χ1n) is 7.92. The number of carbonyl (C=O) groups excluding carboxylic acids is 1. The number of nitrogens with one attached hydrogen (secondary N) is 2. The summed E-state index contributed by atoms with van der Waals surface area (Å²) in [6, 6.07) is 17.3. The number of benzene rings is 2. The normalized spacial score (nSPS) is 12.0. The van der Waals surface area contributed by atoms with Crippen molar-refractivity contribution in [2.24, 2.45) is 5.92 Å². The molecule has 4 heteroatoms. The Morgan fingerprint density at radius 1 is 1.00 bits per heavy atom. The largest absolute Gasteiger partial charge is 0.394 e. The summed E-state index contributed by atoms with van der Waals surface area (Å²) in [5, 5.41) is 14.9. The maximum absolute atomic E-state index is 12.0. The Balaban J connectivity index is 1.94. The summed E-state index contributed by atoms with van der Waals surface area (Å²) in [7, 11) is 0. The van der Waals surface area contributed by atoms with E-state index in [1.807, 2.05) is 54.6 Å². The van der Waals surface area contributed by atoms with Crippen molar-refractivity contribution in [2.75, 3.05) is 11.9 Å². The molecule has 2 amide bonds. The highest BCUT2D eigenvalue weighted by molar-refractivity contribution is 5.89. The van der Waals surface area contributed by atoms with E-state index in [2.05, 4.69) is 24.5 Å². The van der Waals surface area contributed by atoms with Gasteiger partial charge in [-0.15, -0.1) is 0 Å². The molecule has 0 aliphatic heterocycles. The van der Waals surface area contributed by atoms with Gasteiger partial charge in [-0.25, -0.2) is 4.79 Å². The Hall–Kier alpha value is -2.33. The van der Waals surface area contributed by atoms with Crippen LogP contribution >= 0.6 is 0 Å². The van der Waals surface area contributed by atoms with Crippen LogP contribution in [0.5, 0.6) is 0 Å². The first-order chi connectivity index (χ1) is 11.1. The minimum atomic E-state index is -0.294. The average molecular weight is 312 g/mol. The number of rotatable bonds is 6. The number of aliphatic hydroxyl groups excluding tert-OH is 1. The zero-order valence-electron chi connectivity index (χ0n) is 13.6. The van der Waals surface area contributed by atoms with Crippen LogP contribution in [0.1, 0.15) is 20.3 Å². The third-order valence-corrected chi connectivity index (χ3v) is 3.56. The Kier molecular flexibility index (Phi) is 6.18. The van der Waals surface area contributed by atoms with Gasteiger partial charge in [-0.3, -0.25) is 0 Å². The molecule has 2 aromatic carbocycles. The Labute approximate surface area is 137 Å². The van der Waals surface area contributed by atoms with Crippen LogP contribution in [0.2, 0.25) is 0 Å². The highest BCUT2D eigenvalue weighted by Crippen LogP contribution is 2.20. The Bertz CT molecular complexity index is 609. The van der Waals surface area contributed by atoms with Gasteiger partial charge in [0, 0.05) is 5.69 Å². The van der Waals surface area contributed by atoms with Crippen LogP contribution in [0.4, 0.5) is 10.5 Å². The molecule has 0 spiro atoms. The summed E-state index contributed by atoms with van der Waals surface area (Å²) < 4.78 is 0. The summed E-state index contributed by atoms with van der Waals surface area (Å²) in [4.78, 5) is 12.0. The molecule has 4 nitrogen and oxygen atoms in total. The number of hydrogen-bond acceptors (Lipinski definition) is 2. The van der Waals surface area contributed by atoms with Gasteiger partial charge in [-0.2, -0.15) is 0 Å². The molecule has 0 saturated carbocycles. The van der Waals surface area contributed by atoms with E-state index in [1.165, 1.54) is 0 Å². The molecule has 3 N–H and O–H groups in total. The van der Waals surface area contributed by atoms with Crippen LogP contribution in [0.15, 0.2) is 54.6 Å². The van der Waals surface area contributed by atoms with Gasteiger partial charge in [0.2, 0.25) is 0 Å². The number of amides is 2. The molecule has 122 valence electrons. The quantitative estimate of drug-likeness (QED) is 0.758. The average Bonchev–Trinajstić information content (AvgIpc) is 2.55. The van der Waals surface area contributed by atoms with E-state index in [1.54, 1.807) is 0 Å². The minimum Gasteiger partial charge on any atom is -0.394 e. The van der Waals surface area contributed by atoms with E-state index in [0.717, 1.165) is 23.2 Å². The maximum Gasteiger partial charge on any atom is 0.319 e. The molecule has 2 rings (SSSR count). The summed E-state index contributed by atoms with van der Waals surface area (Å²) >= 11 is 0. The first-order valence-corrected chi connectivity index (χ1v) is 7.92. The van der Waals surface area contributed by atoms with Crippen molar-refractivity contribution in [1.29, 1.82) is 0 Å². The van der Waals surface area contributed by atoms with Gasteiger partial charge in [0.1, 0.15) is 0 Å². The lowest BCUT2D eigenvalue weighted by atomic mass is 10.0. The monoisotopic (exact) mass is 312 g/mol. The van der Waals surface area contributed by atoms with E-state index in [0.29, 0.717) is 5.92 Å². The molecule has 2 aromatic rings. The molecular formula is C19H24N2O2. The fraction of sp³-hybridized carbons (Fsp3) is 0.316. The lowest BCUT2D eigenvalue weighted by molar-refractivity contribution is 0.214. The van der Waals surface area contributed by atoms with Crippen molar-refractivity contribution >= 4 is 11.7 Å². The van der Waals surface area contributed by atoms with Crippen molar-refractivity contribution in [2.45, 2.75) is 26.3 Å². The number of anilines is 1. The van der Waals surface area contributed by atoms with E-state index in [9.17, 15) is 9.90 Å². The Morgan fingerprint density at radius 3 is 2.17 bits per heavy atom. The van der Waals surface area contributed by atoms with Crippen LogP contribution < -0.4 is 10.6 Å². The smallest absolute Gasteiger partial charge is 0.319 e. The SMILES string of the molecule is CC(C)CC(CO)NC(=O)Nc1ccc(-c2ccccc2)cc1. The second kappa shape index (κ2) is 8.34. The van der Waals surface area contributed by atoms with Crippen molar-refractivity contribution < 1.29 is 9.90 Å². The van der Waals surface area contributed by atoms with Gasteiger partial charge in [-0.1, -0.05) is 56.3 Å². The molecule has 0 bridgehead atoms. The van der Waals surface area contributed by atoms with Crippen molar-refractivity contribution in [1.82, 2.24) is 5.32 Å². The van der Waals surface area contributed by atoms with Gasteiger partial charge in [-0.05, 0) is 35.6 Å². The van der Waals surface area contributed by atoms with Gasteiger partial charge in [0.15, 0.2) is 0 Å². The van der Waals surface area contributed by atoms with E-state index in [4.69, 9.17) is 0 Å².